The molecule has 1 heterocycles. The minimum absolute atomic E-state index is 0.107. The number of carbonyl (C=O) groups is 1. The Hall–Kier alpha value is -2.17. The van der Waals surface area contributed by atoms with Crippen LogP contribution < -0.4 is 5.32 Å². The van der Waals surface area contributed by atoms with Crippen LogP contribution in [0.25, 0.3) is 0 Å². The average Bonchev–Trinajstić information content (AvgIpc) is 2.64. The molecule has 1 N–H and O–H groups in total. The number of nitrogens with zero attached hydrogens (tertiary/aromatic N) is 3. The largest absolute Gasteiger partial charge is 0.324 e. The fraction of sp³-hybridized carbons (Fsp3) is 0.250. The molecule has 17 heavy (non-hydrogen) atoms. The number of nitrogens with one attached hydrogen (secondary N) is 1. The molecule has 2 aromatic rings. The molecule has 0 atom stereocenters. The Balaban J connectivity index is 2.01. The lowest BCUT2D eigenvalue weighted by atomic mass is 10.2. The van der Waals surface area contributed by atoms with E-state index >= 15 is 0 Å². The van der Waals surface area contributed by atoms with Gasteiger partial charge in [0.1, 0.15) is 6.54 Å². The summed E-state index contributed by atoms with van der Waals surface area (Å²) in [5.74, 6) is -0.107. The lowest BCUT2D eigenvalue weighted by Gasteiger charge is -2.06. The van der Waals surface area contributed by atoms with E-state index in [-0.39, 0.29) is 12.5 Å². The topological polar surface area (TPSA) is 59.8 Å². The van der Waals surface area contributed by atoms with Crippen LogP contribution in [0.5, 0.6) is 0 Å². The second-order valence-electron chi connectivity index (χ2n) is 3.95. The van der Waals surface area contributed by atoms with Crippen molar-refractivity contribution in [2.75, 3.05) is 5.32 Å². The average molecular weight is 230 g/mol. The van der Waals surface area contributed by atoms with Crippen molar-refractivity contribution in [3.8, 4) is 0 Å². The van der Waals surface area contributed by atoms with Crippen LogP contribution in [0.1, 0.15) is 11.3 Å². The van der Waals surface area contributed by atoms with E-state index in [9.17, 15) is 4.79 Å². The number of hydrogen-bond donors (Lipinski definition) is 1. The summed E-state index contributed by atoms with van der Waals surface area (Å²) in [7, 11) is 0. The van der Waals surface area contributed by atoms with Gasteiger partial charge in [-0.3, -0.25) is 4.79 Å². The first-order chi connectivity index (χ1) is 8.15. The zero-order chi connectivity index (χ0) is 12.3. The molecular formula is C12H14N4O. The van der Waals surface area contributed by atoms with Crippen molar-refractivity contribution >= 4 is 11.6 Å². The standard InChI is InChI=1S/C12H14N4O/c1-9-4-3-5-11(6-9)14-12(17)8-16-10(2)7-13-15-16/h3-7H,8H2,1-2H3,(H,14,17). The fourth-order valence-corrected chi connectivity index (χ4v) is 1.52. The second kappa shape index (κ2) is 4.78. The summed E-state index contributed by atoms with van der Waals surface area (Å²) in [5.41, 5.74) is 2.77. The van der Waals surface area contributed by atoms with Gasteiger partial charge in [0.15, 0.2) is 0 Å². The van der Waals surface area contributed by atoms with Crippen molar-refractivity contribution in [3.05, 3.63) is 41.7 Å². The van der Waals surface area contributed by atoms with Crippen LogP contribution in [0.15, 0.2) is 30.5 Å². The molecule has 0 aliphatic carbocycles. The van der Waals surface area contributed by atoms with Gasteiger partial charge in [0.05, 0.1) is 11.9 Å². The van der Waals surface area contributed by atoms with Crippen molar-refractivity contribution in [1.82, 2.24) is 15.0 Å². The number of hydrogen-bond acceptors (Lipinski definition) is 3. The van der Waals surface area contributed by atoms with Crippen molar-refractivity contribution in [2.24, 2.45) is 0 Å². The summed E-state index contributed by atoms with van der Waals surface area (Å²) in [6, 6.07) is 7.67. The molecule has 0 spiro atoms. The van der Waals surface area contributed by atoms with Crippen LogP contribution in [0, 0.1) is 13.8 Å². The van der Waals surface area contributed by atoms with Gasteiger partial charge in [-0.1, -0.05) is 17.3 Å². The molecule has 1 aromatic heterocycles. The number of anilines is 1. The van der Waals surface area contributed by atoms with Crippen molar-refractivity contribution in [2.45, 2.75) is 20.4 Å². The van der Waals surface area contributed by atoms with E-state index in [1.165, 1.54) is 0 Å². The molecule has 0 aliphatic rings. The quantitative estimate of drug-likeness (QED) is 0.870. The van der Waals surface area contributed by atoms with E-state index in [4.69, 9.17) is 0 Å². The molecule has 0 fully saturated rings. The maximum atomic E-state index is 11.7. The summed E-state index contributed by atoms with van der Waals surface area (Å²) < 4.78 is 1.56. The molecule has 5 nitrogen and oxygen atoms in total. The summed E-state index contributed by atoms with van der Waals surface area (Å²) >= 11 is 0. The summed E-state index contributed by atoms with van der Waals surface area (Å²) in [5, 5.41) is 10.4. The van der Waals surface area contributed by atoms with Gasteiger partial charge < -0.3 is 5.32 Å². The molecule has 5 heteroatoms. The van der Waals surface area contributed by atoms with E-state index in [0.717, 1.165) is 16.9 Å². The number of benzene rings is 1. The molecule has 1 aromatic carbocycles. The third kappa shape index (κ3) is 2.90. The van der Waals surface area contributed by atoms with Gasteiger partial charge in [0.2, 0.25) is 5.91 Å². The lowest BCUT2D eigenvalue weighted by Crippen LogP contribution is -2.20. The van der Waals surface area contributed by atoms with Crippen LogP contribution in [-0.2, 0) is 11.3 Å². The Bertz CT molecular complexity index is 533. The third-order valence-electron chi connectivity index (χ3n) is 2.41. The molecule has 88 valence electrons. The molecule has 0 unspecified atom stereocenters. The molecular weight excluding hydrogens is 216 g/mol. The smallest absolute Gasteiger partial charge is 0.246 e. The van der Waals surface area contributed by atoms with Gasteiger partial charge in [-0.2, -0.15) is 0 Å². The first-order valence-corrected chi connectivity index (χ1v) is 5.37. The highest BCUT2D eigenvalue weighted by Gasteiger charge is 2.06. The van der Waals surface area contributed by atoms with E-state index in [0.29, 0.717) is 0 Å². The number of aryl methyl sites for hydroxylation is 2. The van der Waals surface area contributed by atoms with E-state index in [1.807, 2.05) is 38.1 Å². The van der Waals surface area contributed by atoms with Gasteiger partial charge in [-0.25, -0.2) is 4.68 Å². The maximum Gasteiger partial charge on any atom is 0.246 e. The van der Waals surface area contributed by atoms with Gasteiger partial charge in [0.25, 0.3) is 0 Å². The fourth-order valence-electron chi connectivity index (χ4n) is 1.52. The zero-order valence-electron chi connectivity index (χ0n) is 9.84. The van der Waals surface area contributed by atoms with E-state index in [1.54, 1.807) is 10.9 Å². The number of carbonyl (C=O) groups excluding carboxylic acids is 1. The van der Waals surface area contributed by atoms with Crippen LogP contribution in [0.3, 0.4) is 0 Å². The molecule has 0 bridgehead atoms. The Morgan fingerprint density at radius 2 is 2.24 bits per heavy atom. The molecule has 0 saturated heterocycles. The normalized spacial score (nSPS) is 10.2. The second-order valence-corrected chi connectivity index (χ2v) is 3.95. The van der Waals surface area contributed by atoms with Gasteiger partial charge >= 0.3 is 0 Å². The number of aromatic nitrogens is 3. The highest BCUT2D eigenvalue weighted by atomic mass is 16.2. The molecule has 0 aliphatic heterocycles. The SMILES string of the molecule is Cc1cccc(NC(=O)Cn2nncc2C)c1. The lowest BCUT2D eigenvalue weighted by molar-refractivity contribution is -0.117. The van der Waals surface area contributed by atoms with Crippen molar-refractivity contribution in [1.29, 1.82) is 0 Å². The summed E-state index contributed by atoms with van der Waals surface area (Å²) in [6.45, 7) is 4.02. The molecule has 1 amide bonds. The summed E-state index contributed by atoms with van der Waals surface area (Å²) in [6.07, 6.45) is 1.62. The highest BCUT2D eigenvalue weighted by Crippen LogP contribution is 2.09. The van der Waals surface area contributed by atoms with Crippen molar-refractivity contribution in [3.63, 3.8) is 0 Å². The Labute approximate surface area is 99.5 Å². The first-order valence-electron chi connectivity index (χ1n) is 5.37. The van der Waals surface area contributed by atoms with Gasteiger partial charge in [-0.05, 0) is 31.5 Å². The van der Waals surface area contributed by atoms with Crippen LogP contribution in [0.4, 0.5) is 5.69 Å². The molecule has 0 radical (unpaired) electrons. The Morgan fingerprint density at radius 3 is 2.88 bits per heavy atom. The van der Waals surface area contributed by atoms with Crippen LogP contribution in [-0.4, -0.2) is 20.9 Å². The van der Waals surface area contributed by atoms with E-state index < -0.39 is 0 Å². The minimum Gasteiger partial charge on any atom is -0.324 e. The van der Waals surface area contributed by atoms with E-state index in [2.05, 4.69) is 15.6 Å². The maximum absolute atomic E-state index is 11.7. The van der Waals surface area contributed by atoms with Crippen LogP contribution in [0.2, 0.25) is 0 Å². The molecule has 2 rings (SSSR count). The number of rotatable bonds is 3. The first kappa shape index (κ1) is 11.3. The predicted molar refractivity (Wildman–Crippen MR) is 64.6 cm³/mol. The Kier molecular flexibility index (Phi) is 3.18. The van der Waals surface area contributed by atoms with Gasteiger partial charge in [0, 0.05) is 5.69 Å². The Morgan fingerprint density at radius 1 is 1.41 bits per heavy atom. The van der Waals surface area contributed by atoms with Gasteiger partial charge in [-0.15, -0.1) is 5.10 Å². The number of amides is 1. The zero-order valence-corrected chi connectivity index (χ0v) is 9.84. The van der Waals surface area contributed by atoms with Crippen molar-refractivity contribution < 1.29 is 4.79 Å². The molecule has 0 saturated carbocycles. The highest BCUT2D eigenvalue weighted by molar-refractivity contribution is 5.90. The predicted octanol–water partition coefficient (Wildman–Crippen LogP) is 1.53. The minimum atomic E-state index is -0.107. The third-order valence-corrected chi connectivity index (χ3v) is 2.41. The van der Waals surface area contributed by atoms with Crippen LogP contribution >= 0.6 is 0 Å². The summed E-state index contributed by atoms with van der Waals surface area (Å²) in [4.78, 5) is 11.7. The monoisotopic (exact) mass is 230 g/mol.